The second kappa shape index (κ2) is 6.08. The minimum atomic E-state index is -0.900. The molecule has 0 radical (unpaired) electrons. The van der Waals surface area contributed by atoms with Crippen LogP contribution in [0.1, 0.15) is 10.5 Å². The molecule has 20 heavy (non-hydrogen) atoms. The number of anilines is 1. The lowest BCUT2D eigenvalue weighted by atomic mass is 10.2. The number of amides is 1. The quantitative estimate of drug-likeness (QED) is 0.646. The average molecular weight is 344 g/mol. The van der Waals surface area contributed by atoms with Crippen LogP contribution in [0.15, 0.2) is 16.7 Å². The number of carbonyl (C=O) groups excluding carboxylic acids is 1. The van der Waals surface area contributed by atoms with Gasteiger partial charge in [-0.05, 0) is 28.1 Å². The van der Waals surface area contributed by atoms with E-state index < -0.39 is 12.1 Å². The number of ether oxygens (including phenoxy) is 1. The van der Waals surface area contributed by atoms with Crippen LogP contribution in [-0.4, -0.2) is 60.3 Å². The summed E-state index contributed by atoms with van der Waals surface area (Å²) in [7, 11) is 1.30. The zero-order chi connectivity index (χ0) is 14.7. The van der Waals surface area contributed by atoms with E-state index in [9.17, 15) is 9.59 Å². The molecule has 0 unspecified atom stereocenters. The molecule has 108 valence electrons. The lowest BCUT2D eigenvalue weighted by Crippen LogP contribution is -2.48. The molecule has 1 N–H and O–H groups in total. The van der Waals surface area contributed by atoms with Crippen LogP contribution >= 0.6 is 15.9 Å². The van der Waals surface area contributed by atoms with E-state index in [0.717, 1.165) is 5.69 Å². The average Bonchev–Trinajstić information content (AvgIpc) is 2.46. The van der Waals surface area contributed by atoms with Crippen molar-refractivity contribution in [2.45, 2.75) is 0 Å². The molecule has 1 saturated heterocycles. The van der Waals surface area contributed by atoms with Crippen LogP contribution in [0.25, 0.3) is 0 Å². The van der Waals surface area contributed by atoms with Gasteiger partial charge in [0, 0.05) is 26.2 Å². The number of esters is 1. The molecule has 0 aliphatic carbocycles. The van der Waals surface area contributed by atoms with Gasteiger partial charge in [-0.25, -0.2) is 14.6 Å². The van der Waals surface area contributed by atoms with Gasteiger partial charge in [0.2, 0.25) is 0 Å². The van der Waals surface area contributed by atoms with Gasteiger partial charge in [-0.15, -0.1) is 0 Å². The monoisotopic (exact) mass is 343 g/mol. The number of piperazine rings is 1. The number of pyridine rings is 1. The molecule has 0 saturated carbocycles. The summed E-state index contributed by atoms with van der Waals surface area (Å²) in [6, 6.07) is 3.37. The van der Waals surface area contributed by atoms with E-state index >= 15 is 0 Å². The lowest BCUT2D eigenvalue weighted by molar-refractivity contribution is 0.0593. The summed E-state index contributed by atoms with van der Waals surface area (Å²) in [4.78, 5) is 29.8. The van der Waals surface area contributed by atoms with Crippen LogP contribution in [0.4, 0.5) is 10.5 Å². The van der Waals surface area contributed by atoms with Gasteiger partial charge < -0.3 is 19.6 Å². The summed E-state index contributed by atoms with van der Waals surface area (Å²) in [6.07, 6.45) is -0.900. The van der Waals surface area contributed by atoms with Crippen molar-refractivity contribution in [2.24, 2.45) is 0 Å². The molecule has 2 heterocycles. The highest BCUT2D eigenvalue weighted by atomic mass is 79.9. The van der Waals surface area contributed by atoms with Crippen molar-refractivity contribution in [3.8, 4) is 0 Å². The third kappa shape index (κ3) is 3.01. The van der Waals surface area contributed by atoms with Crippen molar-refractivity contribution in [1.29, 1.82) is 0 Å². The van der Waals surface area contributed by atoms with Crippen molar-refractivity contribution in [1.82, 2.24) is 9.88 Å². The van der Waals surface area contributed by atoms with E-state index in [1.165, 1.54) is 12.0 Å². The van der Waals surface area contributed by atoms with E-state index in [1.54, 1.807) is 12.1 Å². The molecule has 1 aromatic heterocycles. The fourth-order valence-corrected chi connectivity index (χ4v) is 2.59. The fraction of sp³-hybridized carbons (Fsp3) is 0.417. The molecule has 1 aromatic rings. The maximum atomic E-state index is 11.4. The molecule has 1 aliphatic heterocycles. The number of rotatable bonds is 2. The smallest absolute Gasteiger partial charge is 0.407 e. The van der Waals surface area contributed by atoms with Gasteiger partial charge in [0.15, 0.2) is 0 Å². The summed E-state index contributed by atoms with van der Waals surface area (Å²) >= 11 is 3.33. The number of hydrogen-bond donors (Lipinski definition) is 1. The number of aromatic nitrogens is 1. The standard InChI is InChI=1S/C12H14BrN3O4/c1-20-11(17)8-2-3-9(10(13)14-8)15-4-6-16(7-5-15)12(18)19/h2-3H,4-7H2,1H3,(H,18,19). The Balaban J connectivity index is 2.11. The Bertz CT molecular complexity index is 529. The Hall–Kier alpha value is -1.83. The first-order valence-corrected chi connectivity index (χ1v) is 6.80. The van der Waals surface area contributed by atoms with Crippen LogP contribution in [0.5, 0.6) is 0 Å². The third-order valence-corrected chi connectivity index (χ3v) is 3.70. The molecule has 2 rings (SSSR count). The predicted octanol–water partition coefficient (Wildman–Crippen LogP) is 1.43. The lowest BCUT2D eigenvalue weighted by Gasteiger charge is -2.34. The van der Waals surface area contributed by atoms with E-state index in [2.05, 4.69) is 25.7 Å². The van der Waals surface area contributed by atoms with Crippen molar-refractivity contribution in [2.75, 3.05) is 38.2 Å². The second-order valence-corrected chi connectivity index (χ2v) is 5.01. The predicted molar refractivity (Wildman–Crippen MR) is 75.1 cm³/mol. The molecule has 1 amide bonds. The summed E-state index contributed by atoms with van der Waals surface area (Å²) in [6.45, 7) is 2.06. The highest BCUT2D eigenvalue weighted by Gasteiger charge is 2.22. The van der Waals surface area contributed by atoms with Gasteiger partial charge in [0.05, 0.1) is 12.8 Å². The Kier molecular flexibility index (Phi) is 4.43. The van der Waals surface area contributed by atoms with E-state index in [0.29, 0.717) is 30.8 Å². The number of halogens is 1. The number of carbonyl (C=O) groups is 2. The van der Waals surface area contributed by atoms with Crippen molar-refractivity contribution >= 4 is 33.7 Å². The SMILES string of the molecule is COC(=O)c1ccc(N2CCN(C(=O)O)CC2)c(Br)n1. The first kappa shape index (κ1) is 14.6. The Labute approximate surface area is 124 Å². The van der Waals surface area contributed by atoms with Crippen LogP contribution in [0.3, 0.4) is 0 Å². The van der Waals surface area contributed by atoms with Crippen molar-refractivity contribution in [3.05, 3.63) is 22.4 Å². The molecular formula is C12H14BrN3O4. The summed E-state index contributed by atoms with van der Waals surface area (Å²) in [5, 5.41) is 8.91. The zero-order valence-electron chi connectivity index (χ0n) is 10.9. The van der Waals surface area contributed by atoms with E-state index in [1.807, 2.05) is 4.90 Å². The first-order chi connectivity index (χ1) is 9.52. The number of nitrogens with zero attached hydrogens (tertiary/aromatic N) is 3. The van der Waals surface area contributed by atoms with Crippen LogP contribution in [0.2, 0.25) is 0 Å². The minimum absolute atomic E-state index is 0.229. The number of methoxy groups -OCH3 is 1. The van der Waals surface area contributed by atoms with Gasteiger partial charge in [0.25, 0.3) is 0 Å². The zero-order valence-corrected chi connectivity index (χ0v) is 12.5. The molecule has 1 fully saturated rings. The highest BCUT2D eigenvalue weighted by Crippen LogP contribution is 2.25. The van der Waals surface area contributed by atoms with Crippen LogP contribution in [-0.2, 0) is 4.74 Å². The van der Waals surface area contributed by atoms with Gasteiger partial charge in [-0.2, -0.15) is 0 Å². The third-order valence-electron chi connectivity index (χ3n) is 3.11. The fourth-order valence-electron chi connectivity index (χ4n) is 2.02. The summed E-state index contributed by atoms with van der Waals surface area (Å²) in [5.41, 5.74) is 1.06. The number of hydrogen-bond acceptors (Lipinski definition) is 5. The maximum absolute atomic E-state index is 11.4. The molecule has 7 nitrogen and oxygen atoms in total. The second-order valence-electron chi connectivity index (χ2n) is 4.25. The molecule has 1 aliphatic rings. The topological polar surface area (TPSA) is 83.0 Å². The maximum Gasteiger partial charge on any atom is 0.407 e. The van der Waals surface area contributed by atoms with Crippen LogP contribution < -0.4 is 4.90 Å². The first-order valence-electron chi connectivity index (χ1n) is 6.00. The van der Waals surface area contributed by atoms with E-state index in [4.69, 9.17) is 5.11 Å². The van der Waals surface area contributed by atoms with Gasteiger partial charge in [-0.3, -0.25) is 0 Å². The minimum Gasteiger partial charge on any atom is -0.465 e. The van der Waals surface area contributed by atoms with Gasteiger partial charge in [0.1, 0.15) is 10.3 Å². The van der Waals surface area contributed by atoms with Gasteiger partial charge in [-0.1, -0.05) is 0 Å². The Morgan fingerprint density at radius 3 is 2.45 bits per heavy atom. The number of carboxylic acid groups (broad SMARTS) is 1. The van der Waals surface area contributed by atoms with Gasteiger partial charge >= 0.3 is 12.1 Å². The molecule has 0 spiro atoms. The molecule has 0 bridgehead atoms. The normalized spacial score (nSPS) is 15.1. The van der Waals surface area contributed by atoms with Crippen molar-refractivity contribution in [3.63, 3.8) is 0 Å². The largest absolute Gasteiger partial charge is 0.465 e. The molecule has 0 atom stereocenters. The summed E-state index contributed by atoms with van der Waals surface area (Å²) < 4.78 is 5.15. The van der Waals surface area contributed by atoms with Crippen molar-refractivity contribution < 1.29 is 19.4 Å². The molecular weight excluding hydrogens is 330 g/mol. The highest BCUT2D eigenvalue weighted by molar-refractivity contribution is 9.10. The van der Waals surface area contributed by atoms with E-state index in [-0.39, 0.29) is 5.69 Å². The molecule has 8 heteroatoms. The summed E-state index contributed by atoms with van der Waals surface area (Å²) in [5.74, 6) is -0.493. The van der Waals surface area contributed by atoms with Crippen LogP contribution in [0, 0.1) is 0 Å². The Morgan fingerprint density at radius 2 is 1.95 bits per heavy atom. The Morgan fingerprint density at radius 1 is 1.30 bits per heavy atom. The molecule has 0 aromatic carbocycles.